The Balaban J connectivity index is 1.19. The lowest BCUT2D eigenvalue weighted by Crippen LogP contribution is -2.14. The molecule has 0 aliphatic heterocycles. The van der Waals surface area contributed by atoms with E-state index >= 15 is 0 Å². The first-order valence-corrected chi connectivity index (χ1v) is 19.5. The van der Waals surface area contributed by atoms with E-state index in [0.717, 1.165) is 33.7 Å². The molecule has 11 rings (SSSR count). The van der Waals surface area contributed by atoms with E-state index in [1.54, 1.807) is 0 Å². The molecule has 0 saturated heterocycles. The first kappa shape index (κ1) is 32.4. The van der Waals surface area contributed by atoms with Crippen molar-refractivity contribution in [2.24, 2.45) is 0 Å². The zero-order valence-corrected chi connectivity index (χ0v) is 31.4. The van der Waals surface area contributed by atoms with Gasteiger partial charge in [0, 0.05) is 16.7 Å². The topological polar surface area (TPSA) is 17.8 Å². The Labute approximate surface area is 327 Å². The van der Waals surface area contributed by atoms with Crippen LogP contribution in [0.3, 0.4) is 0 Å². The summed E-state index contributed by atoms with van der Waals surface area (Å²) < 4.78 is 2.28. The van der Waals surface area contributed by atoms with Crippen LogP contribution in [0.2, 0.25) is 0 Å². The highest BCUT2D eigenvalue weighted by Crippen LogP contribution is 2.53. The number of nitrogens with zero attached hydrogens (tertiary/aromatic N) is 2. The third-order valence-electron chi connectivity index (χ3n) is 12.0. The SMILES string of the molecule is CC1(C)c2ccccc2-c2cc3c(-c4ccccc4)c4ccc(-c5cccc(-c6nc7ccccc7n6-c6ccccc6)c5)cc4c(-c4ccccc4)c3cc21. The molecular weight excluding hydrogens is 677 g/mol. The summed E-state index contributed by atoms with van der Waals surface area (Å²) in [7, 11) is 0. The van der Waals surface area contributed by atoms with Crippen LogP contribution in [-0.4, -0.2) is 9.55 Å². The Hall–Kier alpha value is -7.03. The maximum atomic E-state index is 5.20. The minimum absolute atomic E-state index is 0.117. The Morgan fingerprint density at radius 3 is 1.73 bits per heavy atom. The van der Waals surface area contributed by atoms with E-state index in [-0.39, 0.29) is 5.41 Å². The molecule has 2 heteroatoms. The van der Waals surface area contributed by atoms with Gasteiger partial charge in [-0.3, -0.25) is 4.57 Å². The fraction of sp³-hybridized carbons (Fsp3) is 0.0556. The molecule has 0 bridgehead atoms. The van der Waals surface area contributed by atoms with Crippen molar-refractivity contribution in [1.29, 1.82) is 0 Å². The summed E-state index contributed by atoms with van der Waals surface area (Å²) >= 11 is 0. The standard InChI is InChI=1S/C54H38N2/c1-54(2)47-26-13-12-25-41(47)43-33-45-46(34-48(43)54)52(36-19-8-4-9-20-36)44-32-38(29-30-42(44)51(45)35-17-6-3-7-18-35)37-21-16-22-39(31-37)53-55-49-27-14-15-28-50(49)56(53)40-23-10-5-11-24-40/h3-34H,1-2H3. The number of para-hydroxylation sites is 3. The number of fused-ring (bicyclic) bond motifs is 6. The molecule has 0 saturated carbocycles. The lowest BCUT2D eigenvalue weighted by Gasteiger charge is -2.24. The third kappa shape index (κ3) is 4.92. The highest BCUT2D eigenvalue weighted by Gasteiger charge is 2.36. The summed E-state index contributed by atoms with van der Waals surface area (Å²) in [5.41, 5.74) is 16.9. The van der Waals surface area contributed by atoms with Crippen LogP contribution in [0.4, 0.5) is 0 Å². The van der Waals surface area contributed by atoms with Crippen molar-refractivity contribution in [3.63, 3.8) is 0 Å². The molecule has 1 aliphatic carbocycles. The van der Waals surface area contributed by atoms with Gasteiger partial charge in [-0.15, -0.1) is 0 Å². The van der Waals surface area contributed by atoms with Gasteiger partial charge < -0.3 is 0 Å². The smallest absolute Gasteiger partial charge is 0.145 e. The number of hydrogen-bond acceptors (Lipinski definition) is 1. The second kappa shape index (κ2) is 12.5. The molecule has 0 radical (unpaired) electrons. The quantitative estimate of drug-likeness (QED) is 0.162. The zero-order chi connectivity index (χ0) is 37.4. The van der Waals surface area contributed by atoms with Crippen molar-refractivity contribution in [3.05, 3.63) is 205 Å². The van der Waals surface area contributed by atoms with Gasteiger partial charge in [0.2, 0.25) is 0 Å². The van der Waals surface area contributed by atoms with Gasteiger partial charge in [-0.2, -0.15) is 0 Å². The average Bonchev–Trinajstić information content (AvgIpc) is 3.75. The molecule has 0 unspecified atom stereocenters. The Bertz CT molecular complexity index is 3140. The normalized spacial score (nSPS) is 13.0. The largest absolute Gasteiger partial charge is 0.292 e. The lowest BCUT2D eigenvalue weighted by molar-refractivity contribution is 0.661. The van der Waals surface area contributed by atoms with E-state index in [0.29, 0.717) is 0 Å². The Morgan fingerprint density at radius 1 is 0.393 bits per heavy atom. The molecule has 56 heavy (non-hydrogen) atoms. The maximum Gasteiger partial charge on any atom is 0.145 e. The highest BCUT2D eigenvalue weighted by molar-refractivity contribution is 6.23. The first-order valence-electron chi connectivity index (χ1n) is 19.5. The first-order chi connectivity index (χ1) is 27.5. The average molecular weight is 715 g/mol. The summed E-state index contributed by atoms with van der Waals surface area (Å²) in [5.74, 6) is 0.930. The van der Waals surface area contributed by atoms with Crippen molar-refractivity contribution in [2.75, 3.05) is 0 Å². The van der Waals surface area contributed by atoms with Crippen LogP contribution in [0.15, 0.2) is 194 Å². The highest BCUT2D eigenvalue weighted by atomic mass is 15.1. The van der Waals surface area contributed by atoms with Crippen LogP contribution in [0, 0.1) is 0 Å². The van der Waals surface area contributed by atoms with Gasteiger partial charge in [0.25, 0.3) is 0 Å². The molecule has 2 nitrogen and oxygen atoms in total. The monoisotopic (exact) mass is 714 g/mol. The van der Waals surface area contributed by atoms with Crippen LogP contribution in [-0.2, 0) is 5.41 Å². The fourth-order valence-electron chi connectivity index (χ4n) is 9.33. The van der Waals surface area contributed by atoms with Crippen LogP contribution in [0.25, 0.3) is 94.2 Å². The second-order valence-corrected chi connectivity index (χ2v) is 15.5. The Kier molecular flexibility index (Phi) is 7.24. The van der Waals surface area contributed by atoms with Crippen molar-refractivity contribution in [1.82, 2.24) is 9.55 Å². The summed E-state index contributed by atoms with van der Waals surface area (Å²) in [6.07, 6.45) is 0. The van der Waals surface area contributed by atoms with E-state index in [4.69, 9.17) is 4.98 Å². The van der Waals surface area contributed by atoms with Gasteiger partial charge in [0.15, 0.2) is 0 Å². The van der Waals surface area contributed by atoms with Gasteiger partial charge >= 0.3 is 0 Å². The van der Waals surface area contributed by atoms with Crippen LogP contribution in [0.1, 0.15) is 25.0 Å². The van der Waals surface area contributed by atoms with Gasteiger partial charge in [0.1, 0.15) is 5.82 Å². The van der Waals surface area contributed by atoms with E-state index in [1.165, 1.54) is 71.6 Å². The number of benzene rings is 9. The number of rotatable bonds is 5. The number of hydrogen-bond donors (Lipinski definition) is 0. The van der Waals surface area contributed by atoms with Crippen LogP contribution >= 0.6 is 0 Å². The van der Waals surface area contributed by atoms with Gasteiger partial charge in [-0.25, -0.2) is 4.98 Å². The van der Waals surface area contributed by atoms with E-state index in [2.05, 4.69) is 213 Å². The molecule has 1 heterocycles. The minimum Gasteiger partial charge on any atom is -0.292 e. The van der Waals surface area contributed by atoms with Gasteiger partial charge in [0.05, 0.1) is 11.0 Å². The molecule has 264 valence electrons. The zero-order valence-electron chi connectivity index (χ0n) is 31.4. The second-order valence-electron chi connectivity index (χ2n) is 15.5. The molecule has 0 N–H and O–H groups in total. The number of imidazole rings is 1. The van der Waals surface area contributed by atoms with Gasteiger partial charge in [-0.1, -0.05) is 159 Å². The number of aromatic nitrogens is 2. The summed E-state index contributed by atoms with van der Waals surface area (Å²) in [6.45, 7) is 4.75. The van der Waals surface area contributed by atoms with Crippen molar-refractivity contribution in [2.45, 2.75) is 19.3 Å². The molecule has 0 spiro atoms. The predicted octanol–water partition coefficient (Wildman–Crippen LogP) is 14.3. The van der Waals surface area contributed by atoms with E-state index < -0.39 is 0 Å². The lowest BCUT2D eigenvalue weighted by atomic mass is 9.79. The fourth-order valence-corrected chi connectivity index (χ4v) is 9.33. The van der Waals surface area contributed by atoms with Gasteiger partial charge in [-0.05, 0) is 126 Å². The van der Waals surface area contributed by atoms with Crippen molar-refractivity contribution >= 4 is 32.6 Å². The van der Waals surface area contributed by atoms with Crippen LogP contribution < -0.4 is 0 Å². The Morgan fingerprint density at radius 2 is 0.964 bits per heavy atom. The molecule has 0 atom stereocenters. The van der Waals surface area contributed by atoms with Crippen molar-refractivity contribution in [3.8, 4) is 61.6 Å². The molecular formula is C54H38N2. The van der Waals surface area contributed by atoms with Crippen LogP contribution in [0.5, 0.6) is 0 Å². The summed E-state index contributed by atoms with van der Waals surface area (Å²) in [6, 6.07) is 70.8. The molecule has 9 aromatic carbocycles. The maximum absolute atomic E-state index is 5.20. The summed E-state index contributed by atoms with van der Waals surface area (Å²) in [4.78, 5) is 5.20. The molecule has 10 aromatic rings. The molecule has 1 aliphatic rings. The molecule has 1 aromatic heterocycles. The van der Waals surface area contributed by atoms with E-state index in [9.17, 15) is 0 Å². The third-order valence-corrected chi connectivity index (χ3v) is 12.0. The minimum atomic E-state index is -0.117. The predicted molar refractivity (Wildman–Crippen MR) is 235 cm³/mol. The summed E-state index contributed by atoms with van der Waals surface area (Å²) in [5, 5.41) is 5.06. The van der Waals surface area contributed by atoms with Crippen molar-refractivity contribution < 1.29 is 0 Å². The molecule has 0 amide bonds. The van der Waals surface area contributed by atoms with E-state index in [1.807, 2.05) is 0 Å². The molecule has 0 fully saturated rings.